The van der Waals surface area contributed by atoms with Crippen LogP contribution < -0.4 is 5.73 Å². The van der Waals surface area contributed by atoms with E-state index in [1.54, 1.807) is 12.1 Å². The van der Waals surface area contributed by atoms with E-state index in [0.717, 1.165) is 5.56 Å². The van der Waals surface area contributed by atoms with Gasteiger partial charge in [0.25, 0.3) is 0 Å². The Morgan fingerprint density at radius 1 is 1.10 bits per heavy atom. The lowest BCUT2D eigenvalue weighted by Crippen LogP contribution is -2.09. The van der Waals surface area contributed by atoms with Gasteiger partial charge in [0.1, 0.15) is 5.82 Å². The van der Waals surface area contributed by atoms with Gasteiger partial charge in [-0.1, -0.05) is 42.5 Å². The molecular weight excluding hydrogens is 380 g/mol. The molecule has 0 bridgehead atoms. The second-order valence-electron chi connectivity index (χ2n) is 5.03. The fourth-order valence-corrected chi connectivity index (χ4v) is 3.33. The zero-order chi connectivity index (χ0) is 15.0. The first-order valence-electron chi connectivity index (χ1n) is 6.61. The molecule has 0 heterocycles. The van der Waals surface area contributed by atoms with Gasteiger partial charge in [-0.15, -0.1) is 0 Å². The molecule has 2 aromatic rings. The summed E-state index contributed by atoms with van der Waals surface area (Å²) in [4.78, 5) is 12.7. The minimum absolute atomic E-state index is 0.0257. The van der Waals surface area contributed by atoms with Crippen molar-refractivity contribution in [1.82, 2.24) is 0 Å². The van der Waals surface area contributed by atoms with Gasteiger partial charge in [-0.3, -0.25) is 4.79 Å². The maximum Gasteiger partial charge on any atom is 0.173 e. The van der Waals surface area contributed by atoms with Gasteiger partial charge in [0, 0.05) is 23.3 Å². The summed E-state index contributed by atoms with van der Waals surface area (Å²) in [5.74, 6) is -0.619. The summed E-state index contributed by atoms with van der Waals surface area (Å²) >= 11 is 1.92. The molecular formula is C17H13FINO. The van der Waals surface area contributed by atoms with Gasteiger partial charge in [0.05, 0.1) is 9.49 Å². The van der Waals surface area contributed by atoms with Crippen molar-refractivity contribution >= 4 is 33.9 Å². The third-order valence-electron chi connectivity index (χ3n) is 3.73. The Kier molecular flexibility index (Phi) is 3.80. The van der Waals surface area contributed by atoms with Crippen molar-refractivity contribution in [2.45, 2.75) is 12.3 Å². The van der Waals surface area contributed by atoms with E-state index >= 15 is 0 Å². The minimum Gasteiger partial charge on any atom is -0.401 e. The molecule has 0 radical (unpaired) electrons. The van der Waals surface area contributed by atoms with Crippen LogP contribution >= 0.6 is 22.6 Å². The molecule has 0 saturated heterocycles. The molecule has 0 spiro atoms. The topological polar surface area (TPSA) is 43.1 Å². The van der Waals surface area contributed by atoms with Gasteiger partial charge in [-0.2, -0.15) is 0 Å². The molecule has 0 saturated carbocycles. The highest BCUT2D eigenvalue weighted by Crippen LogP contribution is 2.39. The molecule has 4 heteroatoms. The van der Waals surface area contributed by atoms with Gasteiger partial charge in [-0.05, 0) is 34.2 Å². The molecule has 2 nitrogen and oxygen atoms in total. The van der Waals surface area contributed by atoms with Crippen LogP contribution in [0.25, 0.3) is 5.57 Å². The molecule has 1 aliphatic carbocycles. The average Bonchev–Trinajstić information content (AvgIpc) is 2.78. The van der Waals surface area contributed by atoms with Crippen molar-refractivity contribution in [2.24, 2.45) is 5.73 Å². The van der Waals surface area contributed by atoms with Gasteiger partial charge in [0.15, 0.2) is 5.78 Å². The summed E-state index contributed by atoms with van der Waals surface area (Å²) in [6, 6.07) is 14.3. The van der Waals surface area contributed by atoms with E-state index in [2.05, 4.69) is 0 Å². The highest BCUT2D eigenvalue weighted by atomic mass is 127. The molecule has 2 aromatic carbocycles. The zero-order valence-electron chi connectivity index (χ0n) is 11.1. The Balaban J connectivity index is 2.03. The third-order valence-corrected chi connectivity index (χ3v) is 4.83. The van der Waals surface area contributed by atoms with Gasteiger partial charge in [-0.25, -0.2) is 4.39 Å². The summed E-state index contributed by atoms with van der Waals surface area (Å²) in [5.41, 5.74) is 8.63. The second-order valence-corrected chi connectivity index (χ2v) is 6.11. The Bertz CT molecular complexity index is 740. The number of carbonyl (C=O) groups is 1. The quantitative estimate of drug-likeness (QED) is 0.788. The highest BCUT2D eigenvalue weighted by molar-refractivity contribution is 14.1. The molecule has 2 N–H and O–H groups in total. The van der Waals surface area contributed by atoms with E-state index in [9.17, 15) is 9.18 Å². The number of hydrogen-bond donors (Lipinski definition) is 1. The lowest BCUT2D eigenvalue weighted by molar-refractivity contribution is -0.114. The van der Waals surface area contributed by atoms with Crippen LogP contribution in [0, 0.1) is 9.39 Å². The van der Waals surface area contributed by atoms with E-state index in [-0.39, 0.29) is 17.5 Å². The molecule has 3 rings (SSSR count). The molecule has 106 valence electrons. The Morgan fingerprint density at radius 3 is 2.52 bits per heavy atom. The fourth-order valence-electron chi connectivity index (χ4n) is 2.70. The lowest BCUT2D eigenvalue weighted by atomic mass is 9.93. The number of Topliss-reactive ketones (excluding diaryl/α,β-unsaturated/α-hetero) is 1. The maximum atomic E-state index is 13.7. The molecule has 0 fully saturated rings. The summed E-state index contributed by atoms with van der Waals surface area (Å²) in [6.45, 7) is 0. The second kappa shape index (κ2) is 5.60. The Morgan fingerprint density at radius 2 is 1.81 bits per heavy atom. The van der Waals surface area contributed by atoms with E-state index in [0.29, 0.717) is 26.8 Å². The standard InChI is InChI=1S/C17H13FINO/c18-13-8-4-7-11(16(13)19)15-14(20)9-12(17(15)21)10-5-2-1-3-6-10/h1-8,12H,9,20H2. The van der Waals surface area contributed by atoms with Crippen LogP contribution in [0.2, 0.25) is 0 Å². The van der Waals surface area contributed by atoms with Crippen molar-refractivity contribution in [2.75, 3.05) is 0 Å². The smallest absolute Gasteiger partial charge is 0.173 e. The largest absolute Gasteiger partial charge is 0.401 e. The van der Waals surface area contributed by atoms with Crippen molar-refractivity contribution in [3.05, 3.63) is 74.7 Å². The van der Waals surface area contributed by atoms with Crippen molar-refractivity contribution in [3.63, 3.8) is 0 Å². The molecule has 1 aliphatic rings. The van der Waals surface area contributed by atoms with E-state index < -0.39 is 0 Å². The molecule has 1 atom stereocenters. The fraction of sp³-hybridized carbons (Fsp3) is 0.118. The van der Waals surface area contributed by atoms with Crippen molar-refractivity contribution in [1.29, 1.82) is 0 Å². The van der Waals surface area contributed by atoms with Gasteiger partial charge >= 0.3 is 0 Å². The predicted octanol–water partition coefficient (Wildman–Crippen LogP) is 3.86. The van der Waals surface area contributed by atoms with Crippen LogP contribution in [-0.2, 0) is 4.79 Å². The van der Waals surface area contributed by atoms with Crippen molar-refractivity contribution in [3.8, 4) is 0 Å². The SMILES string of the molecule is NC1=C(c2cccc(F)c2I)C(=O)C(c2ccccc2)C1. The summed E-state index contributed by atoms with van der Waals surface area (Å²) in [7, 11) is 0. The first-order valence-corrected chi connectivity index (χ1v) is 7.69. The molecule has 21 heavy (non-hydrogen) atoms. The van der Waals surface area contributed by atoms with Gasteiger partial charge < -0.3 is 5.73 Å². The number of hydrogen-bond acceptors (Lipinski definition) is 2. The van der Waals surface area contributed by atoms with E-state index in [1.165, 1.54) is 6.07 Å². The first kappa shape index (κ1) is 14.3. The van der Waals surface area contributed by atoms with Crippen molar-refractivity contribution < 1.29 is 9.18 Å². The monoisotopic (exact) mass is 393 g/mol. The number of halogens is 2. The van der Waals surface area contributed by atoms with Crippen LogP contribution in [-0.4, -0.2) is 5.78 Å². The highest BCUT2D eigenvalue weighted by Gasteiger charge is 2.34. The Labute approximate surface area is 136 Å². The van der Waals surface area contributed by atoms with Crippen LogP contribution in [0.1, 0.15) is 23.5 Å². The van der Waals surface area contributed by atoms with Crippen LogP contribution in [0.3, 0.4) is 0 Å². The Hall–Kier alpha value is -1.69. The molecule has 0 aliphatic heterocycles. The normalized spacial score (nSPS) is 18.4. The predicted molar refractivity (Wildman–Crippen MR) is 89.0 cm³/mol. The number of allylic oxidation sites excluding steroid dienone is 2. The lowest BCUT2D eigenvalue weighted by Gasteiger charge is -2.10. The average molecular weight is 393 g/mol. The molecule has 1 unspecified atom stereocenters. The zero-order valence-corrected chi connectivity index (χ0v) is 13.3. The third kappa shape index (κ3) is 2.48. The maximum absolute atomic E-state index is 13.7. The first-order chi connectivity index (χ1) is 10.1. The van der Waals surface area contributed by atoms with Crippen LogP contribution in [0.4, 0.5) is 4.39 Å². The number of ketones is 1. The molecule has 0 amide bonds. The number of benzene rings is 2. The number of carbonyl (C=O) groups excluding carboxylic acids is 1. The number of rotatable bonds is 2. The molecule has 0 aromatic heterocycles. The minimum atomic E-state index is -0.329. The van der Waals surface area contributed by atoms with Crippen LogP contribution in [0.5, 0.6) is 0 Å². The summed E-state index contributed by atoms with van der Waals surface area (Å²) < 4.78 is 14.2. The van der Waals surface area contributed by atoms with Crippen LogP contribution in [0.15, 0.2) is 54.2 Å². The van der Waals surface area contributed by atoms with Gasteiger partial charge in [0.2, 0.25) is 0 Å². The van der Waals surface area contributed by atoms with E-state index in [1.807, 2.05) is 52.9 Å². The summed E-state index contributed by atoms with van der Waals surface area (Å²) in [6.07, 6.45) is 0.491. The number of nitrogens with two attached hydrogens (primary N) is 1. The van der Waals surface area contributed by atoms with E-state index in [4.69, 9.17) is 5.73 Å². The summed E-state index contributed by atoms with van der Waals surface area (Å²) in [5, 5.41) is 0.